The molecule has 1 saturated heterocycles. The molecule has 0 radical (unpaired) electrons. The number of halogens is 1. The number of sulfonamides is 1. The third-order valence-electron chi connectivity index (χ3n) is 3.66. The fourth-order valence-electron chi connectivity index (χ4n) is 2.24. The molecule has 0 amide bonds. The van der Waals surface area contributed by atoms with E-state index < -0.39 is 21.4 Å². The van der Waals surface area contributed by atoms with Crippen molar-refractivity contribution in [1.29, 1.82) is 5.26 Å². The van der Waals surface area contributed by atoms with E-state index in [2.05, 4.69) is 0 Å². The molecule has 1 aromatic rings. The Balaban J connectivity index is 2.47. The van der Waals surface area contributed by atoms with Crippen molar-refractivity contribution in [3.63, 3.8) is 0 Å². The first-order chi connectivity index (χ1) is 8.87. The Kier molecular flexibility index (Phi) is 3.61. The molecule has 1 fully saturated rings. The average molecular weight is 282 g/mol. The van der Waals surface area contributed by atoms with E-state index in [-0.39, 0.29) is 16.7 Å². The molecule has 19 heavy (non-hydrogen) atoms. The summed E-state index contributed by atoms with van der Waals surface area (Å²) in [7, 11) is -3.80. The molecule has 1 aromatic carbocycles. The van der Waals surface area contributed by atoms with Crippen LogP contribution in [0.4, 0.5) is 4.39 Å². The molecule has 0 aliphatic carbocycles. The van der Waals surface area contributed by atoms with Crippen LogP contribution >= 0.6 is 0 Å². The minimum Gasteiger partial charge on any atom is -0.207 e. The van der Waals surface area contributed by atoms with Crippen LogP contribution in [0.15, 0.2) is 23.1 Å². The van der Waals surface area contributed by atoms with Gasteiger partial charge in [0.2, 0.25) is 10.0 Å². The van der Waals surface area contributed by atoms with E-state index in [0.717, 1.165) is 6.07 Å². The standard InChI is InChI=1S/C13H15FN2O2S/c1-9-7-16(8-10(9)2)19(17,18)13-5-3-4-12(14)11(13)6-15/h3-5,9-10H,7-8H2,1-2H3. The highest BCUT2D eigenvalue weighted by Gasteiger charge is 2.36. The number of nitriles is 1. The molecule has 6 heteroatoms. The van der Waals surface area contributed by atoms with Crippen molar-refractivity contribution < 1.29 is 12.8 Å². The second-order valence-electron chi connectivity index (χ2n) is 5.00. The largest absolute Gasteiger partial charge is 0.244 e. The topological polar surface area (TPSA) is 61.2 Å². The predicted octanol–water partition coefficient (Wildman–Crippen LogP) is 1.97. The summed E-state index contributed by atoms with van der Waals surface area (Å²) in [6.07, 6.45) is 0. The minimum absolute atomic E-state index is 0.240. The summed E-state index contributed by atoms with van der Waals surface area (Å²) >= 11 is 0. The normalized spacial score (nSPS) is 24.3. The number of hydrogen-bond donors (Lipinski definition) is 0. The average Bonchev–Trinajstić information content (AvgIpc) is 2.70. The van der Waals surface area contributed by atoms with Gasteiger partial charge in [-0.05, 0) is 24.0 Å². The zero-order valence-corrected chi connectivity index (χ0v) is 11.6. The lowest BCUT2D eigenvalue weighted by Gasteiger charge is -2.17. The molecular formula is C13H15FN2O2S. The lowest BCUT2D eigenvalue weighted by atomic mass is 10.0. The third-order valence-corrected chi connectivity index (χ3v) is 5.53. The number of nitrogens with zero attached hydrogens (tertiary/aromatic N) is 2. The number of rotatable bonds is 2. The monoisotopic (exact) mass is 282 g/mol. The van der Waals surface area contributed by atoms with Crippen LogP contribution in [-0.4, -0.2) is 25.8 Å². The van der Waals surface area contributed by atoms with E-state index in [0.29, 0.717) is 13.1 Å². The van der Waals surface area contributed by atoms with E-state index in [4.69, 9.17) is 5.26 Å². The summed E-state index contributed by atoms with van der Waals surface area (Å²) in [5.74, 6) is -0.286. The van der Waals surface area contributed by atoms with Gasteiger partial charge in [0, 0.05) is 13.1 Å². The van der Waals surface area contributed by atoms with Gasteiger partial charge in [0.1, 0.15) is 22.3 Å². The van der Waals surface area contributed by atoms with Gasteiger partial charge in [0.05, 0.1) is 0 Å². The highest BCUT2D eigenvalue weighted by Crippen LogP contribution is 2.29. The summed E-state index contributed by atoms with van der Waals surface area (Å²) in [5.41, 5.74) is -0.408. The Morgan fingerprint density at radius 1 is 1.32 bits per heavy atom. The van der Waals surface area contributed by atoms with E-state index >= 15 is 0 Å². The summed E-state index contributed by atoms with van der Waals surface area (Å²) in [6, 6.07) is 5.32. The minimum atomic E-state index is -3.80. The highest BCUT2D eigenvalue weighted by molar-refractivity contribution is 7.89. The van der Waals surface area contributed by atoms with E-state index in [1.807, 2.05) is 13.8 Å². The number of hydrogen-bond acceptors (Lipinski definition) is 3. The van der Waals surface area contributed by atoms with Gasteiger partial charge < -0.3 is 0 Å². The Hall–Kier alpha value is -1.45. The van der Waals surface area contributed by atoms with Crippen molar-refractivity contribution in [3.8, 4) is 6.07 Å². The van der Waals surface area contributed by atoms with Crippen LogP contribution in [0.2, 0.25) is 0 Å². The van der Waals surface area contributed by atoms with Crippen LogP contribution in [-0.2, 0) is 10.0 Å². The van der Waals surface area contributed by atoms with Crippen molar-refractivity contribution >= 4 is 10.0 Å². The Bertz CT molecular complexity index is 627. The van der Waals surface area contributed by atoms with Gasteiger partial charge in [-0.25, -0.2) is 12.8 Å². The van der Waals surface area contributed by atoms with Gasteiger partial charge in [0.25, 0.3) is 0 Å². The molecule has 102 valence electrons. The Morgan fingerprint density at radius 3 is 2.42 bits per heavy atom. The molecule has 0 aromatic heterocycles. The van der Waals surface area contributed by atoms with Crippen LogP contribution in [0.5, 0.6) is 0 Å². The van der Waals surface area contributed by atoms with Crippen molar-refractivity contribution in [3.05, 3.63) is 29.6 Å². The summed E-state index contributed by atoms with van der Waals surface area (Å²) in [5, 5.41) is 8.94. The molecule has 2 rings (SSSR count). The lowest BCUT2D eigenvalue weighted by molar-refractivity contribution is 0.462. The second kappa shape index (κ2) is 4.91. The van der Waals surface area contributed by atoms with E-state index in [1.165, 1.54) is 16.4 Å². The van der Waals surface area contributed by atoms with Gasteiger partial charge in [-0.2, -0.15) is 9.57 Å². The molecule has 1 heterocycles. The Labute approximate surface area is 112 Å². The van der Waals surface area contributed by atoms with Crippen LogP contribution in [0.3, 0.4) is 0 Å². The first kappa shape index (κ1) is 14.0. The Morgan fingerprint density at radius 2 is 1.89 bits per heavy atom. The molecule has 2 unspecified atom stereocenters. The summed E-state index contributed by atoms with van der Waals surface area (Å²) in [6.45, 7) is 4.78. The van der Waals surface area contributed by atoms with Gasteiger partial charge in [-0.1, -0.05) is 19.9 Å². The second-order valence-corrected chi connectivity index (χ2v) is 6.91. The van der Waals surface area contributed by atoms with E-state index in [1.54, 1.807) is 6.07 Å². The van der Waals surface area contributed by atoms with Gasteiger partial charge in [0.15, 0.2) is 0 Å². The quantitative estimate of drug-likeness (QED) is 0.833. The maximum Gasteiger partial charge on any atom is 0.244 e. The molecule has 4 nitrogen and oxygen atoms in total. The SMILES string of the molecule is CC1CN(S(=O)(=O)c2cccc(F)c2C#N)CC1C. The maximum atomic E-state index is 13.5. The molecular weight excluding hydrogens is 267 g/mol. The van der Waals surface area contributed by atoms with Gasteiger partial charge >= 0.3 is 0 Å². The highest BCUT2D eigenvalue weighted by atomic mass is 32.2. The molecule has 0 spiro atoms. The van der Waals surface area contributed by atoms with Gasteiger partial charge in [-0.3, -0.25) is 0 Å². The summed E-state index contributed by atoms with van der Waals surface area (Å²) in [4.78, 5) is -0.240. The van der Waals surface area contributed by atoms with E-state index in [9.17, 15) is 12.8 Å². The first-order valence-electron chi connectivity index (χ1n) is 6.06. The van der Waals surface area contributed by atoms with Crippen LogP contribution in [0.25, 0.3) is 0 Å². The molecule has 1 aliphatic heterocycles. The smallest absolute Gasteiger partial charge is 0.207 e. The van der Waals surface area contributed by atoms with Crippen LogP contribution < -0.4 is 0 Å². The molecule has 0 N–H and O–H groups in total. The first-order valence-corrected chi connectivity index (χ1v) is 7.50. The molecule has 0 saturated carbocycles. The van der Waals surface area contributed by atoms with Crippen LogP contribution in [0.1, 0.15) is 19.4 Å². The zero-order chi connectivity index (χ0) is 14.2. The van der Waals surface area contributed by atoms with Gasteiger partial charge in [-0.15, -0.1) is 0 Å². The van der Waals surface area contributed by atoms with Crippen LogP contribution in [0, 0.1) is 29.0 Å². The fourth-order valence-corrected chi connectivity index (χ4v) is 4.03. The molecule has 1 aliphatic rings. The van der Waals surface area contributed by atoms with Crippen molar-refractivity contribution in [2.24, 2.45) is 11.8 Å². The predicted molar refractivity (Wildman–Crippen MR) is 68.2 cm³/mol. The molecule has 2 atom stereocenters. The van der Waals surface area contributed by atoms with Crippen molar-refractivity contribution in [2.75, 3.05) is 13.1 Å². The lowest BCUT2D eigenvalue weighted by Crippen LogP contribution is -2.29. The fraction of sp³-hybridized carbons (Fsp3) is 0.462. The third kappa shape index (κ3) is 2.36. The molecule has 0 bridgehead atoms. The van der Waals surface area contributed by atoms with Crippen molar-refractivity contribution in [1.82, 2.24) is 4.31 Å². The number of benzene rings is 1. The van der Waals surface area contributed by atoms with Crippen molar-refractivity contribution in [2.45, 2.75) is 18.7 Å². The maximum absolute atomic E-state index is 13.5. The zero-order valence-electron chi connectivity index (χ0n) is 10.8. The summed E-state index contributed by atoms with van der Waals surface area (Å²) < 4.78 is 39.8.